The fourth-order valence-electron chi connectivity index (χ4n) is 2.89. The Morgan fingerprint density at radius 3 is 2.00 bits per heavy atom. The first-order valence-electron chi connectivity index (χ1n) is 7.93. The van der Waals surface area contributed by atoms with Crippen LogP contribution in [0.15, 0.2) is 0 Å². The highest BCUT2D eigenvalue weighted by atomic mass is 16.2. The molecular weight excluding hydrogens is 238 g/mol. The Bertz CT molecular complexity index is 289. The summed E-state index contributed by atoms with van der Waals surface area (Å²) >= 11 is 0. The molecule has 0 aliphatic heterocycles. The van der Waals surface area contributed by atoms with E-state index in [1.165, 1.54) is 12.8 Å². The number of rotatable bonds is 11. The molecule has 0 radical (unpaired) electrons. The quantitative estimate of drug-likeness (QED) is 0.583. The highest BCUT2D eigenvalue weighted by molar-refractivity contribution is 6.36. The van der Waals surface area contributed by atoms with Gasteiger partial charge in [0.25, 0.3) is 5.91 Å². The van der Waals surface area contributed by atoms with Crippen molar-refractivity contribution in [3.63, 3.8) is 0 Å². The standard InChI is InChI=1S/C16H29NO2/c1-3-5-7-13(8-6-4-2)14(11-12-9-10-12)15(18)16(17)19/h12-14H,3-11H2,1-2H3,(H2,17,19). The SMILES string of the molecule is CCCCC(CCCC)C(CC1CC1)C(=O)C(N)=O. The minimum absolute atomic E-state index is 0.108. The van der Waals surface area contributed by atoms with Crippen LogP contribution >= 0.6 is 0 Å². The van der Waals surface area contributed by atoms with Crippen LogP contribution in [0.1, 0.15) is 71.6 Å². The van der Waals surface area contributed by atoms with Gasteiger partial charge in [-0.05, 0) is 31.1 Å². The van der Waals surface area contributed by atoms with Gasteiger partial charge in [-0.25, -0.2) is 0 Å². The summed E-state index contributed by atoms with van der Waals surface area (Å²) in [7, 11) is 0. The van der Waals surface area contributed by atoms with Crippen LogP contribution in [0.5, 0.6) is 0 Å². The summed E-state index contributed by atoms with van der Waals surface area (Å²) in [5.74, 6) is -0.129. The summed E-state index contributed by atoms with van der Waals surface area (Å²) < 4.78 is 0. The molecule has 1 fully saturated rings. The molecule has 0 aromatic carbocycles. The zero-order chi connectivity index (χ0) is 14.3. The number of hydrogen-bond donors (Lipinski definition) is 1. The molecule has 0 spiro atoms. The van der Waals surface area contributed by atoms with Crippen LogP contribution in [0, 0.1) is 17.8 Å². The predicted octanol–water partition coefficient (Wildman–Crippen LogP) is 3.45. The monoisotopic (exact) mass is 267 g/mol. The molecule has 0 aromatic rings. The second kappa shape index (κ2) is 8.34. The van der Waals surface area contributed by atoms with E-state index >= 15 is 0 Å². The van der Waals surface area contributed by atoms with E-state index in [1.54, 1.807) is 0 Å². The molecule has 2 N–H and O–H groups in total. The molecule has 1 aliphatic rings. The normalized spacial score (nSPS) is 16.6. The lowest BCUT2D eigenvalue weighted by Gasteiger charge is -2.25. The summed E-state index contributed by atoms with van der Waals surface area (Å²) in [6.07, 6.45) is 10.0. The van der Waals surface area contributed by atoms with Crippen molar-refractivity contribution in [3.05, 3.63) is 0 Å². The number of amides is 1. The first-order chi connectivity index (χ1) is 9.10. The van der Waals surface area contributed by atoms with Gasteiger partial charge < -0.3 is 5.73 Å². The van der Waals surface area contributed by atoms with Crippen molar-refractivity contribution in [1.82, 2.24) is 0 Å². The Kier molecular flexibility index (Phi) is 7.11. The van der Waals surface area contributed by atoms with E-state index in [9.17, 15) is 9.59 Å². The van der Waals surface area contributed by atoms with Crippen LogP contribution in [0.4, 0.5) is 0 Å². The van der Waals surface area contributed by atoms with Gasteiger partial charge in [0.1, 0.15) is 0 Å². The average molecular weight is 267 g/mol. The van der Waals surface area contributed by atoms with Crippen molar-refractivity contribution in [2.45, 2.75) is 71.6 Å². The Labute approximate surface area is 117 Å². The van der Waals surface area contributed by atoms with E-state index in [0.717, 1.165) is 44.9 Å². The maximum atomic E-state index is 12.1. The number of hydrogen-bond acceptors (Lipinski definition) is 2. The lowest BCUT2D eigenvalue weighted by atomic mass is 9.78. The van der Waals surface area contributed by atoms with E-state index in [-0.39, 0.29) is 11.7 Å². The number of nitrogens with two attached hydrogens (primary N) is 1. The molecule has 1 saturated carbocycles. The molecule has 1 unspecified atom stereocenters. The average Bonchev–Trinajstić information content (AvgIpc) is 3.20. The molecule has 1 atom stereocenters. The minimum Gasteiger partial charge on any atom is -0.363 e. The third kappa shape index (κ3) is 5.75. The second-order valence-corrected chi connectivity index (χ2v) is 6.06. The second-order valence-electron chi connectivity index (χ2n) is 6.06. The Morgan fingerprint density at radius 2 is 1.63 bits per heavy atom. The van der Waals surface area contributed by atoms with E-state index in [2.05, 4.69) is 13.8 Å². The van der Waals surface area contributed by atoms with Gasteiger partial charge in [-0.15, -0.1) is 0 Å². The zero-order valence-corrected chi connectivity index (χ0v) is 12.5. The van der Waals surface area contributed by atoms with Crippen molar-refractivity contribution in [2.24, 2.45) is 23.5 Å². The molecule has 1 aliphatic carbocycles. The maximum Gasteiger partial charge on any atom is 0.285 e. The molecule has 19 heavy (non-hydrogen) atoms. The minimum atomic E-state index is -0.733. The van der Waals surface area contributed by atoms with Gasteiger partial charge in [-0.3, -0.25) is 9.59 Å². The van der Waals surface area contributed by atoms with Crippen molar-refractivity contribution < 1.29 is 9.59 Å². The molecule has 1 amide bonds. The number of carbonyl (C=O) groups excluding carboxylic acids is 2. The van der Waals surface area contributed by atoms with Gasteiger partial charge in [0, 0.05) is 5.92 Å². The van der Waals surface area contributed by atoms with E-state index in [0.29, 0.717) is 11.8 Å². The lowest BCUT2D eigenvalue weighted by molar-refractivity contribution is -0.140. The van der Waals surface area contributed by atoms with Gasteiger partial charge in [-0.2, -0.15) is 0 Å². The van der Waals surface area contributed by atoms with Crippen LogP contribution < -0.4 is 5.73 Å². The van der Waals surface area contributed by atoms with Gasteiger partial charge in [-0.1, -0.05) is 52.4 Å². The third-order valence-electron chi connectivity index (χ3n) is 4.29. The predicted molar refractivity (Wildman–Crippen MR) is 77.6 cm³/mol. The Hall–Kier alpha value is -0.860. The van der Waals surface area contributed by atoms with Crippen molar-refractivity contribution in [1.29, 1.82) is 0 Å². The topological polar surface area (TPSA) is 60.2 Å². The lowest BCUT2D eigenvalue weighted by Crippen LogP contribution is -2.35. The van der Waals surface area contributed by atoms with Crippen molar-refractivity contribution in [3.8, 4) is 0 Å². The van der Waals surface area contributed by atoms with Gasteiger partial charge in [0.2, 0.25) is 5.78 Å². The largest absolute Gasteiger partial charge is 0.363 e. The summed E-state index contributed by atoms with van der Waals surface area (Å²) in [4.78, 5) is 23.4. The number of unbranched alkanes of at least 4 members (excludes halogenated alkanes) is 2. The molecule has 1 rings (SSSR count). The Morgan fingerprint density at radius 1 is 1.11 bits per heavy atom. The first-order valence-corrected chi connectivity index (χ1v) is 7.93. The zero-order valence-electron chi connectivity index (χ0n) is 12.5. The van der Waals surface area contributed by atoms with E-state index < -0.39 is 5.91 Å². The van der Waals surface area contributed by atoms with Crippen molar-refractivity contribution in [2.75, 3.05) is 0 Å². The molecule has 0 saturated heterocycles. The van der Waals surface area contributed by atoms with Crippen LogP contribution in [0.25, 0.3) is 0 Å². The van der Waals surface area contributed by atoms with Crippen LogP contribution in [0.3, 0.4) is 0 Å². The molecule has 0 bridgehead atoms. The van der Waals surface area contributed by atoms with Gasteiger partial charge in [0.05, 0.1) is 0 Å². The molecule has 110 valence electrons. The fourth-order valence-corrected chi connectivity index (χ4v) is 2.89. The van der Waals surface area contributed by atoms with Crippen molar-refractivity contribution >= 4 is 11.7 Å². The fraction of sp³-hybridized carbons (Fsp3) is 0.875. The van der Waals surface area contributed by atoms with Gasteiger partial charge >= 0.3 is 0 Å². The molecule has 3 heteroatoms. The van der Waals surface area contributed by atoms with Crippen LogP contribution in [0.2, 0.25) is 0 Å². The highest BCUT2D eigenvalue weighted by Crippen LogP contribution is 2.40. The number of primary amides is 1. The van der Waals surface area contributed by atoms with Gasteiger partial charge in [0.15, 0.2) is 0 Å². The van der Waals surface area contributed by atoms with Crippen LogP contribution in [-0.2, 0) is 9.59 Å². The summed E-state index contributed by atoms with van der Waals surface area (Å²) in [5, 5.41) is 0. The molecule has 3 nitrogen and oxygen atoms in total. The first kappa shape index (κ1) is 16.2. The molecular formula is C16H29NO2. The van der Waals surface area contributed by atoms with Crippen LogP contribution in [-0.4, -0.2) is 11.7 Å². The van der Waals surface area contributed by atoms with E-state index in [4.69, 9.17) is 5.73 Å². The summed E-state index contributed by atoms with van der Waals surface area (Å²) in [6, 6.07) is 0. The number of carbonyl (C=O) groups is 2. The third-order valence-corrected chi connectivity index (χ3v) is 4.29. The summed E-state index contributed by atoms with van der Waals surface area (Å²) in [5.41, 5.74) is 5.24. The summed E-state index contributed by atoms with van der Waals surface area (Å²) in [6.45, 7) is 4.34. The number of Topliss-reactive ketones (excluding diaryl/α,β-unsaturated/α-hetero) is 1. The number of ketones is 1. The smallest absolute Gasteiger partial charge is 0.285 e. The molecule has 0 aromatic heterocycles. The Balaban J connectivity index is 2.68. The van der Waals surface area contributed by atoms with E-state index in [1.807, 2.05) is 0 Å². The molecule has 0 heterocycles. The maximum absolute atomic E-state index is 12.1. The highest BCUT2D eigenvalue weighted by Gasteiger charge is 2.35.